The van der Waals surface area contributed by atoms with Gasteiger partial charge in [-0.05, 0) is 105 Å². The van der Waals surface area contributed by atoms with Gasteiger partial charge in [-0.2, -0.15) is 18.2 Å². The summed E-state index contributed by atoms with van der Waals surface area (Å²) in [4.78, 5) is 22.6. The monoisotopic (exact) mass is 698 g/mol. The fourth-order valence-corrected chi connectivity index (χ4v) is 9.77. The van der Waals surface area contributed by atoms with Gasteiger partial charge in [-0.15, -0.1) is 0 Å². The van der Waals surface area contributed by atoms with Crippen molar-refractivity contribution in [3.63, 3.8) is 0 Å². The van der Waals surface area contributed by atoms with Gasteiger partial charge in [-0.25, -0.2) is 22.9 Å². The molecule has 3 aromatic rings. The second-order valence-corrected chi connectivity index (χ2v) is 16.4. The summed E-state index contributed by atoms with van der Waals surface area (Å²) < 4.78 is 84.9. The lowest BCUT2D eigenvalue weighted by atomic mass is 9.46. The maximum Gasteiger partial charge on any atom is 0.409 e. The number of anilines is 1. The zero-order valence-electron chi connectivity index (χ0n) is 28.0. The number of amides is 1. The molecule has 3 saturated carbocycles. The van der Waals surface area contributed by atoms with E-state index in [-0.39, 0.29) is 60.0 Å². The lowest BCUT2D eigenvalue weighted by Gasteiger charge is -2.61. The van der Waals surface area contributed by atoms with Crippen LogP contribution in [0.5, 0.6) is 5.88 Å². The maximum absolute atomic E-state index is 14.5. The summed E-state index contributed by atoms with van der Waals surface area (Å²) in [5.41, 5.74) is 1.95. The number of benzene rings is 2. The van der Waals surface area contributed by atoms with Gasteiger partial charge in [0, 0.05) is 30.6 Å². The quantitative estimate of drug-likeness (QED) is 0.292. The molecule has 4 bridgehead atoms. The average molecular weight is 699 g/mol. The van der Waals surface area contributed by atoms with Gasteiger partial charge >= 0.3 is 12.3 Å². The second-order valence-electron chi connectivity index (χ2n) is 14.8. The van der Waals surface area contributed by atoms with E-state index in [9.17, 15) is 26.4 Å². The van der Waals surface area contributed by atoms with E-state index in [0.29, 0.717) is 11.3 Å². The summed E-state index contributed by atoms with van der Waals surface area (Å²) in [7, 11) is -1.10. The van der Waals surface area contributed by atoms with Crippen molar-refractivity contribution in [3.05, 3.63) is 65.2 Å². The Morgan fingerprint density at radius 1 is 1.04 bits per heavy atom. The molecule has 13 heteroatoms. The number of carbonyl (C=O) groups excluding carboxylic acids is 1. The smallest absolute Gasteiger partial charge is 0.409 e. The number of hydrogen-bond acceptors (Lipinski definition) is 7. The van der Waals surface area contributed by atoms with Crippen molar-refractivity contribution >= 4 is 22.1 Å². The third kappa shape index (κ3) is 6.12. The first-order valence-electron chi connectivity index (χ1n) is 16.7. The fourth-order valence-electron chi connectivity index (χ4n) is 8.77. The molecular weight excluding hydrogens is 657 g/mol. The molecule has 3 aliphatic carbocycles. The van der Waals surface area contributed by atoms with E-state index in [2.05, 4.69) is 14.7 Å². The average Bonchev–Trinajstić information content (AvgIpc) is 3.80. The highest BCUT2D eigenvalue weighted by molar-refractivity contribution is 7.92. The van der Waals surface area contributed by atoms with Gasteiger partial charge in [0.25, 0.3) is 10.0 Å². The molecule has 1 N–H and O–H groups in total. The van der Waals surface area contributed by atoms with E-state index in [1.807, 2.05) is 38.1 Å². The summed E-state index contributed by atoms with van der Waals surface area (Å²) in [6.45, 7) is 3.82. The number of alkyl halides is 3. The molecule has 3 fully saturated rings. The maximum atomic E-state index is 14.5. The minimum Gasteiger partial charge on any atom is -0.477 e. The third-order valence-electron chi connectivity index (χ3n) is 11.5. The van der Waals surface area contributed by atoms with Crippen LogP contribution < -0.4 is 9.46 Å². The molecule has 1 unspecified atom stereocenters. The molecule has 262 valence electrons. The summed E-state index contributed by atoms with van der Waals surface area (Å²) in [5, 5.41) is 0. The molecule has 1 aliphatic heterocycles. The van der Waals surface area contributed by atoms with Gasteiger partial charge in [-0.3, -0.25) is 0 Å². The Morgan fingerprint density at radius 2 is 1.71 bits per heavy atom. The van der Waals surface area contributed by atoms with E-state index >= 15 is 0 Å². The van der Waals surface area contributed by atoms with Gasteiger partial charge in [-0.1, -0.05) is 30.3 Å². The number of fused-ring (bicyclic) bond motifs is 4. The summed E-state index contributed by atoms with van der Waals surface area (Å²) in [6, 6.07) is 14.0. The number of aromatic nitrogens is 2. The normalized spacial score (nSPS) is 28.0. The first-order chi connectivity index (χ1) is 23.1. The first kappa shape index (κ1) is 33.6. The highest BCUT2D eigenvalue weighted by atomic mass is 32.2. The zero-order chi connectivity index (χ0) is 34.9. The van der Waals surface area contributed by atoms with Crippen molar-refractivity contribution in [3.8, 4) is 17.1 Å². The van der Waals surface area contributed by atoms with Crippen LogP contribution in [0.25, 0.3) is 11.3 Å². The molecule has 7 rings (SSSR count). The van der Waals surface area contributed by atoms with Crippen molar-refractivity contribution in [2.45, 2.75) is 81.8 Å². The number of nitrogens with one attached hydrogen (secondary N) is 1. The van der Waals surface area contributed by atoms with Crippen LogP contribution in [0, 0.1) is 36.5 Å². The molecule has 2 atom stereocenters. The second kappa shape index (κ2) is 11.9. The number of aryl methyl sites for hydroxylation is 2. The van der Waals surface area contributed by atoms with Crippen LogP contribution in [0.4, 0.5) is 23.9 Å². The number of hydrogen-bond donors (Lipinski definition) is 1. The zero-order valence-corrected chi connectivity index (χ0v) is 28.8. The Morgan fingerprint density at radius 3 is 2.35 bits per heavy atom. The van der Waals surface area contributed by atoms with Crippen molar-refractivity contribution < 1.29 is 35.9 Å². The number of nitrogens with zero attached hydrogens (tertiary/aromatic N) is 3. The molecule has 2 heterocycles. The summed E-state index contributed by atoms with van der Waals surface area (Å²) >= 11 is 0. The molecule has 49 heavy (non-hydrogen) atoms. The van der Waals surface area contributed by atoms with Gasteiger partial charge < -0.3 is 14.4 Å². The van der Waals surface area contributed by atoms with Gasteiger partial charge in [0.15, 0.2) is 0 Å². The summed E-state index contributed by atoms with van der Waals surface area (Å²) in [6.07, 6.45) is -1.66. The minimum absolute atomic E-state index is 0.00186. The first-order valence-corrected chi connectivity index (χ1v) is 18.2. The Labute approximate surface area is 284 Å². The van der Waals surface area contributed by atoms with Crippen molar-refractivity contribution in [2.24, 2.45) is 22.7 Å². The fraction of sp³-hybridized carbons (Fsp3) is 0.528. The van der Waals surface area contributed by atoms with E-state index in [1.54, 1.807) is 30.1 Å². The van der Waals surface area contributed by atoms with Crippen LogP contribution in [-0.4, -0.2) is 62.4 Å². The highest BCUT2D eigenvalue weighted by Gasteiger charge is 2.65. The largest absolute Gasteiger partial charge is 0.477 e. The minimum atomic E-state index is -4.37. The lowest BCUT2D eigenvalue weighted by Crippen LogP contribution is -2.57. The Balaban J connectivity index is 1.28. The van der Waals surface area contributed by atoms with Crippen LogP contribution in [0.3, 0.4) is 0 Å². The number of sulfonamides is 1. The van der Waals surface area contributed by atoms with Crippen molar-refractivity contribution in [1.82, 2.24) is 14.9 Å². The molecule has 2 aromatic carbocycles. The number of methoxy groups -OCH3 is 1. The third-order valence-corrected chi connectivity index (χ3v) is 12.9. The Bertz CT molecular complexity index is 1860. The molecule has 0 saturated heterocycles. The van der Waals surface area contributed by atoms with E-state index < -0.39 is 39.5 Å². The van der Waals surface area contributed by atoms with E-state index in [1.165, 1.54) is 13.2 Å². The van der Waals surface area contributed by atoms with Crippen LogP contribution in [-0.2, 0) is 14.8 Å². The van der Waals surface area contributed by atoms with Gasteiger partial charge in [0.2, 0.25) is 11.8 Å². The van der Waals surface area contributed by atoms with Crippen LogP contribution >= 0.6 is 0 Å². The molecule has 1 aromatic heterocycles. The van der Waals surface area contributed by atoms with Gasteiger partial charge in [0.1, 0.15) is 0 Å². The van der Waals surface area contributed by atoms with Crippen molar-refractivity contribution in [1.29, 1.82) is 0 Å². The van der Waals surface area contributed by atoms with E-state index in [4.69, 9.17) is 9.47 Å². The van der Waals surface area contributed by atoms with E-state index in [0.717, 1.165) is 42.4 Å². The van der Waals surface area contributed by atoms with Crippen molar-refractivity contribution in [2.75, 3.05) is 25.5 Å². The SMILES string of the molecule is COC(=O)N(C)C1CC2(CC(C3c4cccc(c4)S(=O)(=O)Nc4nc(cc(-c5c(C)cccc5C)n4)OC[C@H]3CC3(C(F)(F)F)CC3)C2)C1. The summed E-state index contributed by atoms with van der Waals surface area (Å²) in [5.74, 6) is -1.06. The lowest BCUT2D eigenvalue weighted by molar-refractivity contribution is -0.194. The van der Waals surface area contributed by atoms with Crippen LogP contribution in [0.15, 0.2) is 53.4 Å². The van der Waals surface area contributed by atoms with Gasteiger partial charge in [0.05, 0.1) is 29.7 Å². The number of ether oxygens (including phenoxy) is 2. The molecule has 0 radical (unpaired) electrons. The topological polar surface area (TPSA) is 111 Å². The number of carbonyl (C=O) groups is 1. The standard InChI is InChI=1S/C36H41F3N4O5S/c1-21-7-5-8-22(2)30(21)28-14-29-41-32(40-28)42-49(45,46)27-10-6-9-23(13-27)31(25(20-48-29)17-35(11-12-35)36(37,38)39)24-15-34(16-24)18-26(19-34)43(3)33(44)47-4/h5-10,13-14,24-26,31H,11-12,15-20H2,1-4H3,(H,40,41,42)/t24?,25-,26?,31?,34?/m1/s1. The molecular formula is C36H41F3N4O5S. The van der Waals surface area contributed by atoms with Crippen LogP contribution in [0.1, 0.15) is 67.6 Å². The number of rotatable bonds is 5. The Kier molecular flexibility index (Phi) is 8.15. The number of halogens is 3. The predicted octanol–water partition coefficient (Wildman–Crippen LogP) is 7.64. The molecule has 4 aliphatic rings. The Hall–Kier alpha value is -3.87. The highest BCUT2D eigenvalue weighted by Crippen LogP contribution is 2.67. The van der Waals surface area contributed by atoms with Crippen LogP contribution in [0.2, 0.25) is 0 Å². The molecule has 1 amide bonds. The molecule has 1 spiro atoms. The molecule has 9 nitrogen and oxygen atoms in total. The predicted molar refractivity (Wildman–Crippen MR) is 177 cm³/mol.